The van der Waals surface area contributed by atoms with Crippen molar-refractivity contribution in [3.8, 4) is 5.75 Å². The van der Waals surface area contributed by atoms with Gasteiger partial charge in [-0.15, -0.1) is 0 Å². The third kappa shape index (κ3) is 4.78. The van der Waals surface area contributed by atoms with Gasteiger partial charge in [-0.2, -0.15) is 0 Å². The van der Waals surface area contributed by atoms with E-state index in [9.17, 15) is 18.4 Å². The van der Waals surface area contributed by atoms with Crippen molar-refractivity contribution < 1.29 is 28.2 Å². The van der Waals surface area contributed by atoms with E-state index in [0.29, 0.717) is 22.4 Å². The molecule has 0 bridgehead atoms. The summed E-state index contributed by atoms with van der Waals surface area (Å²) in [6, 6.07) is 8.59. The van der Waals surface area contributed by atoms with Crippen molar-refractivity contribution in [2.75, 3.05) is 11.9 Å². The molecule has 2 aromatic rings. The minimum atomic E-state index is -3.00. The molecule has 2 aromatic carbocycles. The maximum absolute atomic E-state index is 13.4. The van der Waals surface area contributed by atoms with E-state index in [0.717, 1.165) is 6.92 Å². The summed E-state index contributed by atoms with van der Waals surface area (Å²) in [7, 11) is 0. The quantitative estimate of drug-likeness (QED) is 0.809. The first-order chi connectivity index (χ1) is 12.1. The first kappa shape index (κ1) is 19.4. The van der Waals surface area contributed by atoms with Crippen LogP contribution >= 0.6 is 0 Å². The monoisotopic (exact) mass is 363 g/mol. The number of aryl methyl sites for hydroxylation is 2. The van der Waals surface area contributed by atoms with E-state index in [4.69, 9.17) is 9.84 Å². The van der Waals surface area contributed by atoms with Crippen LogP contribution in [0.1, 0.15) is 34.0 Å². The molecule has 0 aliphatic carbocycles. The second-order valence-electron chi connectivity index (χ2n) is 6.04. The Balaban J connectivity index is 2.21. The lowest BCUT2D eigenvalue weighted by Gasteiger charge is -2.14. The zero-order valence-electron chi connectivity index (χ0n) is 14.6. The summed E-state index contributed by atoms with van der Waals surface area (Å²) >= 11 is 0. The summed E-state index contributed by atoms with van der Waals surface area (Å²) < 4.78 is 32.0. The smallest absolute Gasteiger partial charge is 0.341 e. The number of carboxylic acid groups (broad SMARTS) is 1. The van der Waals surface area contributed by atoms with Crippen LogP contribution in [-0.2, 0) is 10.7 Å². The average molecular weight is 363 g/mol. The average Bonchev–Trinajstić information content (AvgIpc) is 2.53. The number of nitrogens with one attached hydrogen (secondary N) is 1. The summed E-state index contributed by atoms with van der Waals surface area (Å²) in [4.78, 5) is 23.1. The van der Waals surface area contributed by atoms with Gasteiger partial charge in [0.05, 0.1) is 0 Å². The van der Waals surface area contributed by atoms with Crippen LogP contribution in [0.5, 0.6) is 5.75 Å². The summed E-state index contributed by atoms with van der Waals surface area (Å²) in [6.45, 7) is 3.69. The van der Waals surface area contributed by atoms with Crippen molar-refractivity contribution in [2.45, 2.75) is 26.7 Å². The van der Waals surface area contributed by atoms with Crippen molar-refractivity contribution >= 4 is 17.6 Å². The molecule has 0 saturated heterocycles. The highest BCUT2D eigenvalue weighted by Gasteiger charge is 2.24. The fourth-order valence-electron chi connectivity index (χ4n) is 2.52. The van der Waals surface area contributed by atoms with Gasteiger partial charge in [0.2, 0.25) is 0 Å². The van der Waals surface area contributed by atoms with Crippen LogP contribution in [0, 0.1) is 13.8 Å². The number of benzene rings is 2. The van der Waals surface area contributed by atoms with E-state index in [-0.39, 0.29) is 11.3 Å². The molecular weight excluding hydrogens is 344 g/mol. The van der Waals surface area contributed by atoms with E-state index in [1.165, 1.54) is 24.3 Å². The van der Waals surface area contributed by atoms with E-state index in [1.807, 2.05) is 0 Å². The number of carbonyl (C=O) groups is 2. The van der Waals surface area contributed by atoms with Gasteiger partial charge in [-0.3, -0.25) is 4.79 Å². The number of rotatable bonds is 6. The Morgan fingerprint density at radius 1 is 1.15 bits per heavy atom. The van der Waals surface area contributed by atoms with Crippen LogP contribution in [0.2, 0.25) is 0 Å². The van der Waals surface area contributed by atoms with Gasteiger partial charge >= 0.3 is 5.97 Å². The Morgan fingerprint density at radius 3 is 2.31 bits per heavy atom. The Hall–Kier alpha value is -2.96. The predicted molar refractivity (Wildman–Crippen MR) is 93.0 cm³/mol. The molecule has 0 spiro atoms. The highest BCUT2D eigenvalue weighted by molar-refractivity contribution is 6.04. The molecular formula is C19H19F2NO4. The number of ether oxygens (including phenoxy) is 1. The van der Waals surface area contributed by atoms with Gasteiger partial charge in [0.15, 0.2) is 6.61 Å². The summed E-state index contributed by atoms with van der Waals surface area (Å²) in [6.07, 6.45) is 0. The third-order valence-electron chi connectivity index (χ3n) is 3.69. The van der Waals surface area contributed by atoms with Crippen LogP contribution in [0.25, 0.3) is 0 Å². The minimum Gasteiger partial charge on any atom is -0.481 e. The zero-order chi connectivity index (χ0) is 19.5. The highest BCUT2D eigenvalue weighted by Crippen LogP contribution is 2.29. The lowest BCUT2D eigenvalue weighted by molar-refractivity contribution is -0.139. The molecule has 0 aromatic heterocycles. The number of amides is 1. The number of hydrogen-bond donors (Lipinski definition) is 2. The number of anilines is 1. The maximum Gasteiger partial charge on any atom is 0.341 e. The lowest BCUT2D eigenvalue weighted by atomic mass is 10.0. The zero-order valence-corrected chi connectivity index (χ0v) is 14.6. The molecule has 0 heterocycles. The number of hydrogen-bond acceptors (Lipinski definition) is 3. The topological polar surface area (TPSA) is 75.6 Å². The molecule has 0 atom stereocenters. The Bertz CT molecular complexity index is 821. The normalized spacial score (nSPS) is 11.1. The molecule has 5 nitrogen and oxygen atoms in total. The molecule has 26 heavy (non-hydrogen) atoms. The van der Waals surface area contributed by atoms with Gasteiger partial charge in [0.25, 0.3) is 11.8 Å². The van der Waals surface area contributed by atoms with Crippen molar-refractivity contribution in [3.63, 3.8) is 0 Å². The maximum atomic E-state index is 13.4. The largest absolute Gasteiger partial charge is 0.481 e. The molecule has 138 valence electrons. The molecule has 1 amide bonds. The first-order valence-electron chi connectivity index (χ1n) is 7.83. The Morgan fingerprint density at radius 2 is 1.77 bits per heavy atom. The van der Waals surface area contributed by atoms with E-state index in [1.54, 1.807) is 26.0 Å². The van der Waals surface area contributed by atoms with Gasteiger partial charge in [-0.1, -0.05) is 12.1 Å². The molecule has 2 rings (SSSR count). The molecule has 7 heteroatoms. The minimum absolute atomic E-state index is 0.194. The Labute approximate surface area is 149 Å². The molecule has 0 fully saturated rings. The number of carboxylic acids is 1. The van der Waals surface area contributed by atoms with Crippen LogP contribution in [-0.4, -0.2) is 23.6 Å². The fraction of sp³-hybridized carbons (Fsp3) is 0.263. The molecule has 0 saturated carbocycles. The second kappa shape index (κ2) is 7.51. The number of aliphatic carboxylic acids is 1. The van der Waals surface area contributed by atoms with Crippen LogP contribution < -0.4 is 10.1 Å². The molecule has 0 radical (unpaired) electrons. The van der Waals surface area contributed by atoms with Crippen LogP contribution in [0.4, 0.5) is 14.5 Å². The lowest BCUT2D eigenvalue weighted by Crippen LogP contribution is -2.15. The second-order valence-corrected chi connectivity index (χ2v) is 6.04. The van der Waals surface area contributed by atoms with Gasteiger partial charge in [-0.05, 0) is 49.2 Å². The predicted octanol–water partition coefficient (Wildman–Crippen LogP) is 4.13. The molecule has 0 aliphatic rings. The standard InChI is InChI=1S/C19H19F2NO4/c1-11-7-13(8-12(2)17(11)26-10-16(23)24)18(25)22-15-6-4-5-14(9-15)19(3,20)21/h4-9H,10H2,1-3H3,(H,22,25)(H,23,24). The molecule has 0 unspecified atom stereocenters. The third-order valence-corrected chi connectivity index (χ3v) is 3.69. The van der Waals surface area contributed by atoms with Gasteiger partial charge < -0.3 is 15.2 Å². The fourth-order valence-corrected chi connectivity index (χ4v) is 2.52. The van der Waals surface area contributed by atoms with Crippen molar-refractivity contribution in [2.24, 2.45) is 0 Å². The number of alkyl halides is 2. The van der Waals surface area contributed by atoms with Gasteiger partial charge in [0.1, 0.15) is 5.75 Å². The highest BCUT2D eigenvalue weighted by atomic mass is 19.3. The molecule has 2 N–H and O–H groups in total. The SMILES string of the molecule is Cc1cc(C(=O)Nc2cccc(C(C)(F)F)c2)cc(C)c1OCC(=O)O. The van der Waals surface area contributed by atoms with Gasteiger partial charge in [0, 0.05) is 23.7 Å². The van der Waals surface area contributed by atoms with Crippen molar-refractivity contribution in [3.05, 3.63) is 58.7 Å². The summed E-state index contributed by atoms with van der Waals surface area (Å²) in [5.41, 5.74) is 1.59. The first-order valence-corrected chi connectivity index (χ1v) is 7.83. The van der Waals surface area contributed by atoms with Crippen molar-refractivity contribution in [1.82, 2.24) is 0 Å². The Kier molecular flexibility index (Phi) is 5.59. The summed E-state index contributed by atoms with van der Waals surface area (Å²) in [5.74, 6) is -4.16. The van der Waals surface area contributed by atoms with E-state index in [2.05, 4.69) is 5.32 Å². The van der Waals surface area contributed by atoms with Crippen LogP contribution in [0.3, 0.4) is 0 Å². The van der Waals surface area contributed by atoms with Crippen LogP contribution in [0.15, 0.2) is 36.4 Å². The van der Waals surface area contributed by atoms with E-state index >= 15 is 0 Å². The van der Waals surface area contributed by atoms with Crippen molar-refractivity contribution in [1.29, 1.82) is 0 Å². The summed E-state index contributed by atoms with van der Waals surface area (Å²) in [5, 5.41) is 11.3. The van der Waals surface area contributed by atoms with Gasteiger partial charge in [-0.25, -0.2) is 13.6 Å². The molecule has 0 aliphatic heterocycles. The number of halogens is 2. The van der Waals surface area contributed by atoms with E-state index < -0.39 is 24.4 Å². The number of carbonyl (C=O) groups excluding carboxylic acids is 1.